The SMILES string of the molecule is CCCN1CCNC(CC(=O)O)C1. The fourth-order valence-electron chi connectivity index (χ4n) is 1.76. The van der Waals surface area contributed by atoms with Crippen molar-refractivity contribution >= 4 is 5.97 Å². The molecule has 4 nitrogen and oxygen atoms in total. The molecule has 0 saturated carbocycles. The normalized spacial score (nSPS) is 24.5. The summed E-state index contributed by atoms with van der Waals surface area (Å²) in [5, 5.41) is 11.8. The van der Waals surface area contributed by atoms with Crippen LogP contribution in [0.15, 0.2) is 0 Å². The van der Waals surface area contributed by atoms with Crippen molar-refractivity contribution in [3.8, 4) is 0 Å². The summed E-state index contributed by atoms with van der Waals surface area (Å²) in [6, 6.07) is 0.137. The van der Waals surface area contributed by atoms with Crippen molar-refractivity contribution in [1.29, 1.82) is 0 Å². The van der Waals surface area contributed by atoms with E-state index in [0.29, 0.717) is 0 Å². The number of carbonyl (C=O) groups is 1. The number of nitrogens with zero attached hydrogens (tertiary/aromatic N) is 1. The Hall–Kier alpha value is -0.610. The highest BCUT2D eigenvalue weighted by atomic mass is 16.4. The highest BCUT2D eigenvalue weighted by Crippen LogP contribution is 2.03. The number of hydrogen-bond acceptors (Lipinski definition) is 3. The summed E-state index contributed by atoms with van der Waals surface area (Å²) in [7, 11) is 0. The van der Waals surface area contributed by atoms with Crippen LogP contribution in [0.1, 0.15) is 19.8 Å². The van der Waals surface area contributed by atoms with Gasteiger partial charge in [0.2, 0.25) is 0 Å². The molecular weight excluding hydrogens is 168 g/mol. The van der Waals surface area contributed by atoms with Crippen LogP contribution >= 0.6 is 0 Å². The van der Waals surface area contributed by atoms with Gasteiger partial charge in [-0.15, -0.1) is 0 Å². The molecule has 1 aliphatic rings. The van der Waals surface area contributed by atoms with Crippen LogP contribution in [0.5, 0.6) is 0 Å². The molecule has 13 heavy (non-hydrogen) atoms. The van der Waals surface area contributed by atoms with Gasteiger partial charge in [0.1, 0.15) is 0 Å². The van der Waals surface area contributed by atoms with Crippen LogP contribution in [-0.4, -0.2) is 48.2 Å². The van der Waals surface area contributed by atoms with Gasteiger partial charge in [-0.05, 0) is 13.0 Å². The average Bonchev–Trinajstić information content (AvgIpc) is 2.04. The van der Waals surface area contributed by atoms with E-state index in [1.54, 1.807) is 0 Å². The molecule has 1 unspecified atom stereocenters. The fraction of sp³-hybridized carbons (Fsp3) is 0.889. The molecule has 0 radical (unpaired) electrons. The van der Waals surface area contributed by atoms with E-state index in [1.165, 1.54) is 0 Å². The van der Waals surface area contributed by atoms with Gasteiger partial charge in [-0.1, -0.05) is 6.92 Å². The summed E-state index contributed by atoms with van der Waals surface area (Å²) >= 11 is 0. The second-order valence-corrected chi connectivity index (χ2v) is 3.55. The van der Waals surface area contributed by atoms with Crippen LogP contribution in [0.3, 0.4) is 0 Å². The lowest BCUT2D eigenvalue weighted by Gasteiger charge is -2.32. The highest BCUT2D eigenvalue weighted by Gasteiger charge is 2.20. The second-order valence-electron chi connectivity index (χ2n) is 3.55. The largest absolute Gasteiger partial charge is 0.481 e. The molecule has 76 valence electrons. The minimum atomic E-state index is -0.712. The van der Waals surface area contributed by atoms with Gasteiger partial charge in [-0.3, -0.25) is 4.79 Å². The number of piperazine rings is 1. The Bertz CT molecular complexity index is 171. The predicted octanol–water partition coefficient (Wildman–Crippen LogP) is 0.145. The third kappa shape index (κ3) is 3.74. The zero-order valence-corrected chi connectivity index (χ0v) is 8.12. The molecule has 0 aliphatic carbocycles. The Balaban J connectivity index is 2.28. The minimum absolute atomic E-state index is 0.137. The van der Waals surface area contributed by atoms with Crippen molar-refractivity contribution < 1.29 is 9.90 Å². The van der Waals surface area contributed by atoms with Gasteiger partial charge in [0, 0.05) is 25.7 Å². The van der Waals surface area contributed by atoms with E-state index in [4.69, 9.17) is 5.11 Å². The molecule has 0 aromatic rings. The number of aliphatic carboxylic acids is 1. The average molecular weight is 186 g/mol. The van der Waals surface area contributed by atoms with Crippen molar-refractivity contribution in [2.24, 2.45) is 0 Å². The molecule has 1 heterocycles. The van der Waals surface area contributed by atoms with Crippen LogP contribution < -0.4 is 5.32 Å². The Morgan fingerprint density at radius 1 is 1.69 bits per heavy atom. The molecule has 4 heteroatoms. The Morgan fingerprint density at radius 3 is 3.08 bits per heavy atom. The van der Waals surface area contributed by atoms with Gasteiger partial charge in [-0.25, -0.2) is 0 Å². The van der Waals surface area contributed by atoms with Crippen molar-refractivity contribution in [3.05, 3.63) is 0 Å². The molecule has 1 atom stereocenters. The van der Waals surface area contributed by atoms with Crippen molar-refractivity contribution in [1.82, 2.24) is 10.2 Å². The van der Waals surface area contributed by atoms with E-state index < -0.39 is 5.97 Å². The van der Waals surface area contributed by atoms with Crippen LogP contribution in [0, 0.1) is 0 Å². The van der Waals surface area contributed by atoms with Gasteiger partial charge in [0.05, 0.1) is 6.42 Å². The molecule has 0 spiro atoms. The number of rotatable bonds is 4. The fourth-order valence-corrected chi connectivity index (χ4v) is 1.76. The number of hydrogen-bond donors (Lipinski definition) is 2. The summed E-state index contributed by atoms with van der Waals surface area (Å²) < 4.78 is 0. The maximum absolute atomic E-state index is 10.5. The molecule has 2 N–H and O–H groups in total. The molecule has 0 amide bonds. The van der Waals surface area contributed by atoms with Crippen LogP contribution in [0.25, 0.3) is 0 Å². The molecule has 0 bridgehead atoms. The van der Waals surface area contributed by atoms with E-state index in [0.717, 1.165) is 32.6 Å². The van der Waals surface area contributed by atoms with E-state index >= 15 is 0 Å². The third-order valence-corrected chi connectivity index (χ3v) is 2.30. The number of carboxylic acid groups (broad SMARTS) is 1. The standard InChI is InChI=1S/C9H18N2O2/c1-2-4-11-5-3-10-8(7-11)6-9(12)13/h8,10H,2-7H2,1H3,(H,12,13). The van der Waals surface area contributed by atoms with Gasteiger partial charge in [0.15, 0.2) is 0 Å². The monoisotopic (exact) mass is 186 g/mol. The first-order chi connectivity index (χ1) is 6.22. The Morgan fingerprint density at radius 2 is 2.46 bits per heavy atom. The quantitative estimate of drug-likeness (QED) is 0.656. The molecule has 0 aromatic heterocycles. The molecule has 1 fully saturated rings. The smallest absolute Gasteiger partial charge is 0.304 e. The van der Waals surface area contributed by atoms with Crippen molar-refractivity contribution in [2.45, 2.75) is 25.8 Å². The summed E-state index contributed by atoms with van der Waals surface area (Å²) in [6.07, 6.45) is 1.38. The van der Waals surface area contributed by atoms with E-state index in [1.807, 2.05) is 0 Å². The molecule has 1 rings (SSSR count). The first kappa shape index (κ1) is 10.5. The molecule has 1 saturated heterocycles. The Kier molecular flexibility index (Phi) is 4.18. The van der Waals surface area contributed by atoms with Gasteiger partial charge in [0.25, 0.3) is 0 Å². The summed E-state index contributed by atoms with van der Waals surface area (Å²) in [5.74, 6) is -0.712. The predicted molar refractivity (Wildman–Crippen MR) is 50.8 cm³/mol. The molecular formula is C9H18N2O2. The lowest BCUT2D eigenvalue weighted by Crippen LogP contribution is -2.51. The van der Waals surface area contributed by atoms with Gasteiger partial charge >= 0.3 is 5.97 Å². The summed E-state index contributed by atoms with van der Waals surface area (Å²) in [6.45, 7) is 6.06. The Labute approximate surface area is 78.9 Å². The van der Waals surface area contributed by atoms with Crippen molar-refractivity contribution in [3.63, 3.8) is 0 Å². The number of nitrogens with one attached hydrogen (secondary N) is 1. The summed E-state index contributed by atoms with van der Waals surface area (Å²) in [4.78, 5) is 12.8. The maximum atomic E-state index is 10.5. The molecule has 1 aliphatic heterocycles. The zero-order valence-electron chi connectivity index (χ0n) is 8.12. The lowest BCUT2D eigenvalue weighted by atomic mass is 10.1. The first-order valence-corrected chi connectivity index (χ1v) is 4.90. The minimum Gasteiger partial charge on any atom is -0.481 e. The van der Waals surface area contributed by atoms with Crippen molar-refractivity contribution in [2.75, 3.05) is 26.2 Å². The van der Waals surface area contributed by atoms with Crippen LogP contribution in [-0.2, 0) is 4.79 Å². The zero-order chi connectivity index (χ0) is 9.68. The number of carboxylic acids is 1. The van der Waals surface area contributed by atoms with E-state index in [2.05, 4.69) is 17.1 Å². The van der Waals surface area contributed by atoms with Gasteiger partial charge < -0.3 is 15.3 Å². The van der Waals surface area contributed by atoms with E-state index in [9.17, 15) is 4.79 Å². The topological polar surface area (TPSA) is 52.6 Å². The molecule has 0 aromatic carbocycles. The van der Waals surface area contributed by atoms with Crippen LogP contribution in [0.2, 0.25) is 0 Å². The first-order valence-electron chi connectivity index (χ1n) is 4.90. The lowest BCUT2D eigenvalue weighted by molar-refractivity contribution is -0.137. The highest BCUT2D eigenvalue weighted by molar-refractivity contribution is 5.67. The summed E-state index contributed by atoms with van der Waals surface area (Å²) in [5.41, 5.74) is 0. The maximum Gasteiger partial charge on any atom is 0.304 e. The van der Waals surface area contributed by atoms with Crippen LogP contribution in [0.4, 0.5) is 0 Å². The third-order valence-electron chi connectivity index (χ3n) is 2.30. The van der Waals surface area contributed by atoms with E-state index in [-0.39, 0.29) is 12.5 Å². The second kappa shape index (κ2) is 5.19. The van der Waals surface area contributed by atoms with Gasteiger partial charge in [-0.2, -0.15) is 0 Å².